The van der Waals surface area contributed by atoms with E-state index in [1.54, 1.807) is 14.2 Å². The molecule has 2 aromatic rings. The number of ether oxygens (including phenoxy) is 4. The fourth-order valence-electron chi connectivity index (χ4n) is 6.03. The van der Waals surface area contributed by atoms with Crippen LogP contribution < -0.4 is 14.8 Å². The number of carbonyl (C=O) groups excluding carboxylic acids is 2. The van der Waals surface area contributed by atoms with E-state index in [9.17, 15) is 9.59 Å². The van der Waals surface area contributed by atoms with Crippen LogP contribution in [0.25, 0.3) is 0 Å². The van der Waals surface area contributed by atoms with E-state index in [0.29, 0.717) is 30.0 Å². The molecule has 3 aliphatic rings. The van der Waals surface area contributed by atoms with E-state index in [4.69, 9.17) is 23.9 Å². The molecule has 2 aliphatic heterocycles. The highest BCUT2D eigenvalue weighted by molar-refractivity contribution is 6.15. The van der Waals surface area contributed by atoms with Crippen LogP contribution in [0, 0.1) is 0 Å². The Labute approximate surface area is 235 Å². The van der Waals surface area contributed by atoms with Crippen molar-refractivity contribution >= 4 is 17.6 Å². The Morgan fingerprint density at radius 3 is 2.48 bits per heavy atom. The van der Waals surface area contributed by atoms with Crippen LogP contribution in [0.5, 0.6) is 11.5 Å². The number of rotatable bonds is 9. The molecule has 5 rings (SSSR count). The molecule has 0 spiro atoms. The first-order valence-corrected chi connectivity index (χ1v) is 14.2. The third-order valence-corrected chi connectivity index (χ3v) is 8.06. The molecule has 9 heteroatoms. The van der Waals surface area contributed by atoms with Crippen molar-refractivity contribution in [2.75, 3.05) is 53.6 Å². The van der Waals surface area contributed by atoms with Gasteiger partial charge in [0.25, 0.3) is 5.91 Å². The standard InChI is InChI=1S/C31H39N3O6/c1-20(35)40-23-9-10-27-25(17-23)24-18-28(37-2)29(38-3)19-26(24)30(33-27)21-5-7-22(8-6-21)31(36)32-11-4-12-34-13-15-39-16-14-34/h5-8,18-19,23,25,27H,4,9-17H2,1-3H3,(H,32,36). The Hall–Kier alpha value is -3.43. The van der Waals surface area contributed by atoms with E-state index < -0.39 is 0 Å². The summed E-state index contributed by atoms with van der Waals surface area (Å²) in [6, 6.07) is 11.7. The number of hydrogen-bond acceptors (Lipinski definition) is 8. The molecule has 1 saturated carbocycles. The predicted octanol–water partition coefficient (Wildman–Crippen LogP) is 3.57. The van der Waals surface area contributed by atoms with Gasteiger partial charge in [0.15, 0.2) is 11.5 Å². The normalized spacial score (nSPS) is 22.4. The number of aliphatic imine (C=N–C) groups is 1. The number of esters is 1. The van der Waals surface area contributed by atoms with Gasteiger partial charge in [-0.2, -0.15) is 0 Å². The molecule has 214 valence electrons. The zero-order chi connectivity index (χ0) is 28.1. The van der Waals surface area contributed by atoms with E-state index in [-0.39, 0.29) is 29.9 Å². The lowest BCUT2D eigenvalue weighted by molar-refractivity contribution is -0.148. The second kappa shape index (κ2) is 12.8. The second-order valence-corrected chi connectivity index (χ2v) is 10.6. The molecular weight excluding hydrogens is 510 g/mol. The van der Waals surface area contributed by atoms with Crippen LogP contribution in [-0.4, -0.2) is 88.2 Å². The van der Waals surface area contributed by atoms with Crippen molar-refractivity contribution in [2.45, 2.75) is 50.7 Å². The van der Waals surface area contributed by atoms with Crippen molar-refractivity contribution < 1.29 is 28.5 Å². The maximum absolute atomic E-state index is 12.8. The average Bonchev–Trinajstić information content (AvgIpc) is 2.98. The summed E-state index contributed by atoms with van der Waals surface area (Å²) in [5.41, 5.74) is 4.53. The van der Waals surface area contributed by atoms with Crippen LogP contribution in [0.1, 0.15) is 65.6 Å². The van der Waals surface area contributed by atoms with Crippen molar-refractivity contribution in [1.82, 2.24) is 10.2 Å². The zero-order valence-corrected chi connectivity index (χ0v) is 23.6. The van der Waals surface area contributed by atoms with Gasteiger partial charge in [-0.05, 0) is 62.1 Å². The van der Waals surface area contributed by atoms with Crippen LogP contribution in [0.2, 0.25) is 0 Å². The number of benzene rings is 2. The van der Waals surface area contributed by atoms with E-state index in [1.165, 1.54) is 6.92 Å². The Kier molecular flexibility index (Phi) is 9.01. The molecule has 0 aromatic heterocycles. The van der Waals surface area contributed by atoms with Gasteiger partial charge in [-0.3, -0.25) is 19.5 Å². The SMILES string of the molecule is COc1cc2c(cc1OC)C1CC(OC(C)=O)CCC1N=C2c1ccc(C(=O)NCCCN2CCOCC2)cc1. The van der Waals surface area contributed by atoms with E-state index in [2.05, 4.69) is 10.2 Å². The summed E-state index contributed by atoms with van der Waals surface area (Å²) < 4.78 is 22.2. The monoisotopic (exact) mass is 549 g/mol. The number of nitrogens with one attached hydrogen (secondary N) is 1. The molecule has 40 heavy (non-hydrogen) atoms. The summed E-state index contributed by atoms with van der Waals surface area (Å²) >= 11 is 0. The Bertz CT molecular complexity index is 1240. The van der Waals surface area contributed by atoms with E-state index in [1.807, 2.05) is 36.4 Å². The summed E-state index contributed by atoms with van der Waals surface area (Å²) in [5.74, 6) is 1.08. The molecule has 9 nitrogen and oxygen atoms in total. The number of fused-ring (bicyclic) bond motifs is 3. The van der Waals surface area contributed by atoms with Crippen molar-refractivity contribution in [3.05, 3.63) is 58.7 Å². The topological polar surface area (TPSA) is 98.7 Å². The fraction of sp³-hybridized carbons (Fsp3) is 0.516. The van der Waals surface area contributed by atoms with Gasteiger partial charge < -0.3 is 24.3 Å². The summed E-state index contributed by atoms with van der Waals surface area (Å²) in [7, 11) is 3.26. The number of nitrogens with zero attached hydrogens (tertiary/aromatic N) is 2. The Morgan fingerprint density at radius 2 is 1.77 bits per heavy atom. The molecule has 1 N–H and O–H groups in total. The summed E-state index contributed by atoms with van der Waals surface area (Å²) in [6.07, 6.45) is 3.11. The highest BCUT2D eigenvalue weighted by Gasteiger charge is 2.38. The number of methoxy groups -OCH3 is 2. The second-order valence-electron chi connectivity index (χ2n) is 10.6. The quantitative estimate of drug-likeness (QED) is 0.377. The van der Waals surface area contributed by atoms with Crippen molar-refractivity contribution in [1.29, 1.82) is 0 Å². The number of carbonyl (C=O) groups is 2. The van der Waals surface area contributed by atoms with Gasteiger partial charge in [0, 0.05) is 49.2 Å². The summed E-state index contributed by atoms with van der Waals surface area (Å²) in [6.45, 7) is 6.53. The third-order valence-electron chi connectivity index (χ3n) is 8.06. The predicted molar refractivity (Wildman–Crippen MR) is 152 cm³/mol. The van der Waals surface area contributed by atoms with Crippen molar-refractivity contribution in [3.63, 3.8) is 0 Å². The molecule has 3 unspecified atom stereocenters. The molecule has 2 fully saturated rings. The lowest BCUT2D eigenvalue weighted by Gasteiger charge is -2.38. The summed E-state index contributed by atoms with van der Waals surface area (Å²) in [4.78, 5) is 32.0. The van der Waals surface area contributed by atoms with Gasteiger partial charge in [0.05, 0.1) is 39.2 Å². The van der Waals surface area contributed by atoms with E-state index in [0.717, 1.165) is 74.5 Å². The average molecular weight is 550 g/mol. The minimum atomic E-state index is -0.253. The first-order chi connectivity index (χ1) is 19.5. The van der Waals surface area contributed by atoms with Gasteiger partial charge >= 0.3 is 5.97 Å². The Morgan fingerprint density at radius 1 is 1.05 bits per heavy atom. The molecule has 0 bridgehead atoms. The van der Waals surface area contributed by atoms with Crippen LogP contribution in [-0.2, 0) is 14.3 Å². The van der Waals surface area contributed by atoms with Gasteiger partial charge in [0.1, 0.15) is 6.10 Å². The maximum Gasteiger partial charge on any atom is 0.302 e. The van der Waals surface area contributed by atoms with Gasteiger partial charge in [-0.15, -0.1) is 0 Å². The molecule has 2 heterocycles. The molecule has 1 aliphatic carbocycles. The largest absolute Gasteiger partial charge is 0.493 e. The van der Waals surface area contributed by atoms with Crippen LogP contribution in [0.4, 0.5) is 0 Å². The minimum absolute atomic E-state index is 0.0712. The molecule has 0 radical (unpaired) electrons. The lowest BCUT2D eigenvalue weighted by Crippen LogP contribution is -2.38. The van der Waals surface area contributed by atoms with Crippen molar-refractivity contribution in [3.8, 4) is 11.5 Å². The van der Waals surface area contributed by atoms with Crippen LogP contribution >= 0.6 is 0 Å². The van der Waals surface area contributed by atoms with Gasteiger partial charge in [-0.1, -0.05) is 12.1 Å². The first kappa shape index (κ1) is 28.1. The lowest BCUT2D eigenvalue weighted by atomic mass is 9.74. The highest BCUT2D eigenvalue weighted by Crippen LogP contribution is 2.45. The smallest absolute Gasteiger partial charge is 0.302 e. The highest BCUT2D eigenvalue weighted by atomic mass is 16.5. The van der Waals surface area contributed by atoms with Gasteiger partial charge in [-0.25, -0.2) is 0 Å². The fourth-order valence-corrected chi connectivity index (χ4v) is 6.03. The zero-order valence-electron chi connectivity index (χ0n) is 23.6. The molecular formula is C31H39N3O6. The molecule has 3 atom stereocenters. The molecule has 2 aromatic carbocycles. The maximum atomic E-state index is 12.8. The van der Waals surface area contributed by atoms with Crippen molar-refractivity contribution in [2.24, 2.45) is 4.99 Å². The number of amides is 1. The Balaban J connectivity index is 1.33. The third kappa shape index (κ3) is 6.31. The number of morpholine rings is 1. The molecule has 1 saturated heterocycles. The minimum Gasteiger partial charge on any atom is -0.493 e. The first-order valence-electron chi connectivity index (χ1n) is 14.2. The van der Waals surface area contributed by atoms with Crippen LogP contribution in [0.15, 0.2) is 41.4 Å². The van der Waals surface area contributed by atoms with E-state index >= 15 is 0 Å². The number of hydrogen-bond donors (Lipinski definition) is 1. The van der Waals surface area contributed by atoms with Crippen LogP contribution in [0.3, 0.4) is 0 Å². The molecule has 1 amide bonds. The van der Waals surface area contributed by atoms with Gasteiger partial charge in [0.2, 0.25) is 0 Å². The summed E-state index contributed by atoms with van der Waals surface area (Å²) in [5, 5.41) is 3.04.